The second kappa shape index (κ2) is 10.6. The predicted octanol–water partition coefficient (Wildman–Crippen LogP) is 7.57. The Labute approximate surface area is 217 Å². The minimum Gasteiger partial charge on any atom is -0.355 e. The van der Waals surface area contributed by atoms with Crippen molar-refractivity contribution in [2.75, 3.05) is 10.6 Å². The number of hydrogen-bond acceptors (Lipinski definition) is 6. The van der Waals surface area contributed by atoms with Crippen molar-refractivity contribution in [3.8, 4) is 0 Å². The lowest BCUT2D eigenvalue weighted by molar-refractivity contribution is 0.0980. The molecule has 184 valence electrons. The first-order chi connectivity index (χ1) is 18.6. The molecular weight excluding hydrogens is 480 g/mol. The van der Waals surface area contributed by atoms with Crippen molar-refractivity contribution >= 4 is 34.3 Å². The Morgan fingerprint density at radius 1 is 0.579 bits per heavy atom. The van der Waals surface area contributed by atoms with Gasteiger partial charge >= 0.3 is 0 Å². The smallest absolute Gasteiger partial charge is 0.196 e. The SMILES string of the molecule is [N-]=[N+]=NCc1ccc(Nc2ccc(Nc3ccc(CN=[N+]=[N-])cc3)c3c2C(=O)c2ccccc2C3=O)cc1. The molecule has 0 saturated carbocycles. The highest BCUT2D eigenvalue weighted by molar-refractivity contribution is 6.32. The molecule has 5 rings (SSSR count). The van der Waals surface area contributed by atoms with E-state index in [1.165, 1.54) is 0 Å². The molecule has 2 N–H and O–H groups in total. The molecule has 38 heavy (non-hydrogen) atoms. The molecule has 1 aliphatic rings. The number of fused-ring (bicyclic) bond motifs is 2. The van der Waals surface area contributed by atoms with Crippen molar-refractivity contribution in [2.24, 2.45) is 10.2 Å². The average Bonchev–Trinajstić information content (AvgIpc) is 2.95. The van der Waals surface area contributed by atoms with Gasteiger partial charge in [-0.05, 0) is 58.6 Å². The standard InChI is InChI=1S/C28H20N8O2/c29-35-31-15-17-5-9-19(10-6-17)33-23-13-14-24(34-20-11-7-18(8-12-20)16-32-36-30)26-25(23)27(37)21-3-1-2-4-22(21)28(26)38/h1-14,33-34H,15-16H2. The first-order valence-corrected chi connectivity index (χ1v) is 11.7. The van der Waals surface area contributed by atoms with Crippen LogP contribution in [-0.2, 0) is 13.1 Å². The van der Waals surface area contributed by atoms with Crippen LogP contribution in [0, 0.1) is 0 Å². The molecular formula is C28H20N8O2. The van der Waals surface area contributed by atoms with Crippen LogP contribution in [0.4, 0.5) is 22.7 Å². The summed E-state index contributed by atoms with van der Waals surface area (Å²) in [6, 6.07) is 24.9. The zero-order chi connectivity index (χ0) is 26.5. The molecule has 0 aromatic heterocycles. The third kappa shape index (κ3) is 4.76. The summed E-state index contributed by atoms with van der Waals surface area (Å²) in [4.78, 5) is 32.9. The number of anilines is 4. The molecule has 0 spiro atoms. The maximum Gasteiger partial charge on any atom is 0.196 e. The summed E-state index contributed by atoms with van der Waals surface area (Å²) in [5.41, 5.74) is 22.5. The van der Waals surface area contributed by atoms with Crippen LogP contribution in [0.2, 0.25) is 0 Å². The normalized spacial score (nSPS) is 11.5. The van der Waals surface area contributed by atoms with Crippen LogP contribution in [-0.4, -0.2) is 11.6 Å². The van der Waals surface area contributed by atoms with Gasteiger partial charge in [0.25, 0.3) is 0 Å². The molecule has 0 unspecified atom stereocenters. The maximum atomic E-state index is 13.7. The summed E-state index contributed by atoms with van der Waals surface area (Å²) in [7, 11) is 0. The molecule has 10 heteroatoms. The minimum absolute atomic E-state index is 0.239. The van der Waals surface area contributed by atoms with Crippen molar-refractivity contribution < 1.29 is 9.59 Å². The van der Waals surface area contributed by atoms with Crippen molar-refractivity contribution in [1.82, 2.24) is 0 Å². The molecule has 0 saturated heterocycles. The molecule has 0 aliphatic heterocycles. The highest BCUT2D eigenvalue weighted by atomic mass is 16.1. The van der Waals surface area contributed by atoms with Crippen molar-refractivity contribution in [3.05, 3.63) is 139 Å². The third-order valence-electron chi connectivity index (χ3n) is 6.17. The van der Waals surface area contributed by atoms with Gasteiger partial charge < -0.3 is 10.6 Å². The topological polar surface area (TPSA) is 156 Å². The summed E-state index contributed by atoms with van der Waals surface area (Å²) in [5, 5.41) is 13.7. The fourth-order valence-electron chi connectivity index (χ4n) is 4.36. The number of nitrogens with one attached hydrogen (secondary N) is 2. The Balaban J connectivity index is 1.54. The Morgan fingerprint density at radius 3 is 1.34 bits per heavy atom. The number of ketones is 2. The molecule has 0 heterocycles. The molecule has 0 atom stereocenters. The van der Waals surface area contributed by atoms with Crippen LogP contribution >= 0.6 is 0 Å². The number of hydrogen-bond donors (Lipinski definition) is 2. The van der Waals surface area contributed by atoms with Crippen LogP contribution < -0.4 is 10.6 Å². The van der Waals surface area contributed by atoms with E-state index in [-0.39, 0.29) is 35.8 Å². The minimum atomic E-state index is -0.244. The molecule has 0 fully saturated rings. The molecule has 10 nitrogen and oxygen atoms in total. The summed E-state index contributed by atoms with van der Waals surface area (Å²) in [5.74, 6) is -0.489. The number of carbonyl (C=O) groups is 2. The lowest BCUT2D eigenvalue weighted by atomic mass is 9.82. The van der Waals surface area contributed by atoms with Gasteiger partial charge in [-0.15, -0.1) is 0 Å². The number of nitrogens with zero attached hydrogens (tertiary/aromatic N) is 6. The van der Waals surface area contributed by atoms with Crippen molar-refractivity contribution in [2.45, 2.75) is 13.1 Å². The van der Waals surface area contributed by atoms with Crippen LogP contribution in [0.25, 0.3) is 20.9 Å². The van der Waals surface area contributed by atoms with Crippen LogP contribution in [0.15, 0.2) is 95.2 Å². The Bertz CT molecular complexity index is 1530. The molecule has 0 bridgehead atoms. The first kappa shape index (κ1) is 24.1. The average molecular weight is 501 g/mol. The number of carbonyl (C=O) groups excluding carboxylic acids is 2. The van der Waals surface area contributed by atoms with Gasteiger partial charge in [0.1, 0.15) is 0 Å². The highest BCUT2D eigenvalue weighted by Gasteiger charge is 2.34. The lowest BCUT2D eigenvalue weighted by Gasteiger charge is -2.24. The third-order valence-corrected chi connectivity index (χ3v) is 6.17. The largest absolute Gasteiger partial charge is 0.355 e. The Kier molecular flexibility index (Phi) is 6.73. The quantitative estimate of drug-likeness (QED) is 0.128. The van der Waals surface area contributed by atoms with Gasteiger partial charge in [-0.25, -0.2) is 0 Å². The fourth-order valence-corrected chi connectivity index (χ4v) is 4.36. The van der Waals surface area contributed by atoms with E-state index in [9.17, 15) is 9.59 Å². The van der Waals surface area contributed by atoms with E-state index in [2.05, 4.69) is 30.7 Å². The van der Waals surface area contributed by atoms with E-state index in [1.54, 1.807) is 36.4 Å². The highest BCUT2D eigenvalue weighted by Crippen LogP contribution is 2.38. The summed E-state index contributed by atoms with van der Waals surface area (Å²) >= 11 is 0. The number of benzene rings is 4. The van der Waals surface area contributed by atoms with Gasteiger partial charge in [-0.3, -0.25) is 9.59 Å². The zero-order valence-electron chi connectivity index (χ0n) is 20.0. The van der Waals surface area contributed by atoms with E-state index in [0.717, 1.165) is 11.1 Å². The summed E-state index contributed by atoms with van der Waals surface area (Å²) in [6.07, 6.45) is 0. The molecule has 0 amide bonds. The summed E-state index contributed by atoms with van der Waals surface area (Å²) in [6.45, 7) is 0.478. The van der Waals surface area contributed by atoms with Crippen molar-refractivity contribution in [1.29, 1.82) is 0 Å². The van der Waals surface area contributed by atoms with Gasteiger partial charge in [0, 0.05) is 32.3 Å². The van der Waals surface area contributed by atoms with Gasteiger partial charge in [0.05, 0.1) is 35.6 Å². The molecule has 4 aromatic carbocycles. The van der Waals surface area contributed by atoms with Crippen molar-refractivity contribution in [3.63, 3.8) is 0 Å². The monoisotopic (exact) mass is 500 g/mol. The van der Waals surface area contributed by atoms with Gasteiger partial charge in [0.15, 0.2) is 11.6 Å². The number of rotatable bonds is 8. The first-order valence-electron chi connectivity index (χ1n) is 11.7. The van der Waals surface area contributed by atoms with E-state index < -0.39 is 0 Å². The van der Waals surface area contributed by atoms with Gasteiger partial charge in [0.2, 0.25) is 0 Å². The molecule has 1 aliphatic carbocycles. The molecule has 4 aromatic rings. The van der Waals surface area contributed by atoms with Crippen LogP contribution in [0.1, 0.15) is 43.0 Å². The van der Waals surface area contributed by atoms with E-state index in [1.807, 2.05) is 48.5 Å². The van der Waals surface area contributed by atoms with E-state index in [0.29, 0.717) is 33.9 Å². The van der Waals surface area contributed by atoms with E-state index in [4.69, 9.17) is 11.1 Å². The van der Waals surface area contributed by atoms with E-state index >= 15 is 0 Å². The second-order valence-corrected chi connectivity index (χ2v) is 8.54. The van der Waals surface area contributed by atoms with Gasteiger partial charge in [-0.1, -0.05) is 58.8 Å². The van der Waals surface area contributed by atoms with Crippen LogP contribution in [0.3, 0.4) is 0 Å². The molecule has 0 radical (unpaired) electrons. The number of azide groups is 2. The second-order valence-electron chi connectivity index (χ2n) is 8.54. The fraction of sp³-hybridized carbons (Fsp3) is 0.0714. The Morgan fingerprint density at radius 2 is 0.974 bits per heavy atom. The van der Waals surface area contributed by atoms with Crippen LogP contribution in [0.5, 0.6) is 0 Å². The lowest BCUT2D eigenvalue weighted by Crippen LogP contribution is -2.23. The zero-order valence-corrected chi connectivity index (χ0v) is 20.0. The summed E-state index contributed by atoms with van der Waals surface area (Å²) < 4.78 is 0. The van der Waals surface area contributed by atoms with Gasteiger partial charge in [-0.2, -0.15) is 0 Å². The maximum absolute atomic E-state index is 13.7. The Hall–Kier alpha value is -5.56. The predicted molar refractivity (Wildman–Crippen MR) is 145 cm³/mol.